The van der Waals surface area contributed by atoms with Crippen LogP contribution in [0.25, 0.3) is 22.4 Å². The number of aromatic nitrogens is 5. The maximum absolute atomic E-state index is 15.4. The first-order valence-corrected chi connectivity index (χ1v) is 16.2. The average Bonchev–Trinajstić information content (AvgIpc) is 3.74. The van der Waals surface area contributed by atoms with E-state index in [1.165, 1.54) is 18.2 Å². The Bertz CT molecular complexity index is 2010. The number of hydrogen-bond donors (Lipinski definition) is 1. The molecule has 1 N–H and O–H groups in total. The van der Waals surface area contributed by atoms with Crippen LogP contribution in [0.1, 0.15) is 61.3 Å². The van der Waals surface area contributed by atoms with Gasteiger partial charge in [-0.3, -0.25) is 4.90 Å². The van der Waals surface area contributed by atoms with E-state index in [2.05, 4.69) is 20.1 Å². The number of hydrogen-bond acceptors (Lipinski definition) is 7. The Balaban J connectivity index is 1.01. The largest absolute Gasteiger partial charge is 0.444 e. The van der Waals surface area contributed by atoms with Gasteiger partial charge in [-0.05, 0) is 68.6 Å². The number of nitrogens with one attached hydrogen (secondary N) is 1. The van der Waals surface area contributed by atoms with Crippen LogP contribution in [0.2, 0.25) is 5.02 Å². The number of fused-ring (bicyclic) bond motifs is 2. The van der Waals surface area contributed by atoms with Crippen molar-refractivity contribution in [3.63, 3.8) is 0 Å². The quantitative estimate of drug-likeness (QED) is 0.170. The zero-order chi connectivity index (χ0) is 33.2. The molecule has 2 fully saturated rings. The third kappa shape index (κ3) is 5.57. The maximum Gasteiger partial charge on any atom is 0.297 e. The number of piperidine rings is 1. The first-order valence-electron chi connectivity index (χ1n) is 15.9. The molecular weight excluding hydrogens is 652 g/mol. The van der Waals surface area contributed by atoms with Crippen LogP contribution in [0.5, 0.6) is 11.5 Å². The van der Waals surface area contributed by atoms with Crippen LogP contribution in [-0.4, -0.2) is 55.4 Å². The van der Waals surface area contributed by atoms with Gasteiger partial charge in [0.2, 0.25) is 0 Å². The molecule has 3 aliphatic heterocycles. The third-order valence-electron chi connectivity index (χ3n) is 9.49. The lowest BCUT2D eigenvalue weighted by Crippen LogP contribution is -2.35. The first-order chi connectivity index (χ1) is 23.1. The van der Waals surface area contributed by atoms with E-state index in [0.717, 1.165) is 43.7 Å². The fraction of sp³-hybridized carbons (Fsp3) is 0.382. The van der Waals surface area contributed by atoms with Gasteiger partial charge in [-0.1, -0.05) is 23.7 Å². The molecule has 3 aliphatic rings. The molecule has 2 atom stereocenters. The summed E-state index contributed by atoms with van der Waals surface area (Å²) in [4.78, 5) is 9.60. The zero-order valence-electron chi connectivity index (χ0n) is 25.9. The van der Waals surface area contributed by atoms with Gasteiger partial charge >= 0.3 is 0 Å². The third-order valence-corrected chi connectivity index (χ3v) is 9.72. The van der Waals surface area contributed by atoms with Gasteiger partial charge in [0.1, 0.15) is 17.5 Å². The number of ether oxygens (including phenoxy) is 3. The molecule has 9 nitrogen and oxygen atoms in total. The van der Waals surface area contributed by atoms with Crippen molar-refractivity contribution in [2.24, 2.45) is 0 Å². The van der Waals surface area contributed by atoms with Gasteiger partial charge in [0.05, 0.1) is 41.4 Å². The van der Waals surface area contributed by atoms with Gasteiger partial charge in [0.15, 0.2) is 23.1 Å². The molecule has 0 saturated carbocycles. The molecule has 0 bridgehead atoms. The van der Waals surface area contributed by atoms with E-state index in [0.29, 0.717) is 47.3 Å². The molecule has 2 aromatic heterocycles. The summed E-state index contributed by atoms with van der Waals surface area (Å²) in [5, 5.41) is 7.46. The topological polar surface area (TPSA) is 90.3 Å². The molecule has 250 valence electrons. The molecule has 48 heavy (non-hydrogen) atoms. The molecule has 8 rings (SSSR count). The smallest absolute Gasteiger partial charge is 0.297 e. The van der Waals surface area contributed by atoms with Crippen LogP contribution in [0, 0.1) is 11.6 Å². The highest BCUT2D eigenvalue weighted by molar-refractivity contribution is 6.30. The second-order valence-electron chi connectivity index (χ2n) is 12.6. The number of imidazole rings is 1. The van der Waals surface area contributed by atoms with Crippen molar-refractivity contribution >= 4 is 22.6 Å². The van der Waals surface area contributed by atoms with Gasteiger partial charge in [-0.25, -0.2) is 22.5 Å². The van der Waals surface area contributed by atoms with Crippen molar-refractivity contribution in [2.45, 2.75) is 63.5 Å². The number of para-hydroxylation sites is 1. The summed E-state index contributed by atoms with van der Waals surface area (Å²) in [6, 6.07) is 13.1. The van der Waals surface area contributed by atoms with Crippen molar-refractivity contribution in [1.29, 1.82) is 0 Å². The Labute approximate surface area is 277 Å². The standard InChI is InChI=1S/C34H31ClF4N6O3/c1-34(23-6-5-19(35)13-25(23)37)47-28-4-2-3-21(30(28)48-34)18-7-10-44(11-8-18)17-29-40-26-14-22(32-41-33(31(38)39)43-42-32)24(36)15-27(26)45(29)16-20-9-12-46-20/h2-6,13-15,18,20,31H,7-12,16-17H2,1H3,(H,41,42,43). The summed E-state index contributed by atoms with van der Waals surface area (Å²) in [6.45, 7) is 4.99. The number of nitrogens with zero attached hydrogens (tertiary/aromatic N) is 5. The van der Waals surface area contributed by atoms with E-state index >= 15 is 4.39 Å². The fourth-order valence-electron chi connectivity index (χ4n) is 6.87. The SMILES string of the molecule is CC1(c2ccc(Cl)cc2F)Oc2cccc(C3CCN(Cc4nc5cc(-c6nnc(C(F)F)[nH]6)c(F)cc5n4CC4CCO4)CC3)c2O1. The highest BCUT2D eigenvalue weighted by Gasteiger charge is 2.43. The molecule has 0 amide bonds. The molecule has 5 aromatic rings. The van der Waals surface area contributed by atoms with Gasteiger partial charge in [-0.2, -0.15) is 0 Å². The van der Waals surface area contributed by atoms with Crippen molar-refractivity contribution in [3.05, 3.63) is 88.0 Å². The van der Waals surface area contributed by atoms with E-state index in [-0.39, 0.29) is 29.0 Å². The van der Waals surface area contributed by atoms with Crippen molar-refractivity contribution in [2.75, 3.05) is 19.7 Å². The van der Waals surface area contributed by atoms with Gasteiger partial charge in [-0.15, -0.1) is 10.2 Å². The van der Waals surface area contributed by atoms with Crippen molar-refractivity contribution in [3.8, 4) is 22.9 Å². The Hall–Kier alpha value is -4.20. The Morgan fingerprint density at radius 3 is 2.54 bits per heavy atom. The van der Waals surface area contributed by atoms with E-state index in [1.54, 1.807) is 19.1 Å². The monoisotopic (exact) mass is 682 g/mol. The predicted octanol–water partition coefficient (Wildman–Crippen LogP) is 7.50. The van der Waals surface area contributed by atoms with Crippen molar-refractivity contribution < 1.29 is 31.8 Å². The maximum atomic E-state index is 15.4. The predicted molar refractivity (Wildman–Crippen MR) is 168 cm³/mol. The molecule has 0 radical (unpaired) electrons. The Kier molecular flexibility index (Phi) is 7.80. The minimum atomic E-state index is -2.85. The van der Waals surface area contributed by atoms with E-state index < -0.39 is 29.7 Å². The van der Waals surface area contributed by atoms with E-state index in [9.17, 15) is 13.2 Å². The number of alkyl halides is 2. The second-order valence-corrected chi connectivity index (χ2v) is 13.0. The molecule has 2 unspecified atom stereocenters. The normalized spacial score (nSPS) is 21.4. The summed E-state index contributed by atoms with van der Waals surface area (Å²) in [5.74, 6) is -0.984. The average molecular weight is 683 g/mol. The van der Waals surface area contributed by atoms with Crippen molar-refractivity contribution in [1.82, 2.24) is 29.6 Å². The molecule has 3 aromatic carbocycles. The summed E-state index contributed by atoms with van der Waals surface area (Å²) in [6.07, 6.45) is -0.260. The zero-order valence-corrected chi connectivity index (χ0v) is 26.6. The highest BCUT2D eigenvalue weighted by Crippen LogP contribution is 2.50. The van der Waals surface area contributed by atoms with Crippen LogP contribution in [0.15, 0.2) is 48.5 Å². The lowest BCUT2D eigenvalue weighted by Gasteiger charge is -2.33. The number of likely N-dealkylation sites (tertiary alicyclic amines) is 1. The minimum Gasteiger partial charge on any atom is -0.444 e. The number of aromatic amines is 1. The van der Waals surface area contributed by atoms with Crippen LogP contribution in [-0.2, 0) is 23.6 Å². The molecule has 14 heteroatoms. The molecule has 0 spiro atoms. The lowest BCUT2D eigenvalue weighted by molar-refractivity contribution is -0.0712. The summed E-state index contributed by atoms with van der Waals surface area (Å²) in [7, 11) is 0. The number of rotatable bonds is 8. The summed E-state index contributed by atoms with van der Waals surface area (Å²) >= 11 is 5.98. The molecule has 5 heterocycles. The Morgan fingerprint density at radius 2 is 1.83 bits per heavy atom. The number of H-pyrrole nitrogens is 1. The number of halogens is 5. The fourth-order valence-corrected chi connectivity index (χ4v) is 7.03. The van der Waals surface area contributed by atoms with Crippen LogP contribution >= 0.6 is 11.6 Å². The van der Waals surface area contributed by atoms with E-state index in [4.69, 9.17) is 30.8 Å². The van der Waals surface area contributed by atoms with E-state index in [1.807, 2.05) is 22.8 Å². The molecule has 0 aliphatic carbocycles. The number of benzene rings is 3. The van der Waals surface area contributed by atoms with Crippen LogP contribution in [0.3, 0.4) is 0 Å². The first kappa shape index (κ1) is 31.1. The summed E-state index contributed by atoms with van der Waals surface area (Å²) in [5.41, 5.74) is 2.44. The van der Waals surface area contributed by atoms with Gasteiger partial charge in [0.25, 0.3) is 12.2 Å². The van der Waals surface area contributed by atoms with Gasteiger partial charge < -0.3 is 23.8 Å². The van der Waals surface area contributed by atoms with Crippen LogP contribution in [0.4, 0.5) is 17.6 Å². The van der Waals surface area contributed by atoms with Crippen LogP contribution < -0.4 is 9.47 Å². The molecule has 2 saturated heterocycles. The summed E-state index contributed by atoms with van der Waals surface area (Å²) < 4.78 is 76.7. The Morgan fingerprint density at radius 1 is 1.02 bits per heavy atom. The highest BCUT2D eigenvalue weighted by atomic mass is 35.5. The van der Waals surface area contributed by atoms with Gasteiger partial charge in [0, 0.05) is 30.2 Å². The molecular formula is C34H31ClF4N6O3. The lowest BCUT2D eigenvalue weighted by atomic mass is 9.88. The minimum absolute atomic E-state index is 0.00641. The second kappa shape index (κ2) is 12.0.